The van der Waals surface area contributed by atoms with Gasteiger partial charge in [0.1, 0.15) is 11.2 Å². The zero-order valence-corrected chi connectivity index (χ0v) is 15.5. The zero-order valence-electron chi connectivity index (χ0n) is 14.7. The maximum absolute atomic E-state index is 6.56. The summed E-state index contributed by atoms with van der Waals surface area (Å²) in [4.78, 5) is 5.99. The van der Waals surface area contributed by atoms with E-state index in [9.17, 15) is 0 Å². The van der Waals surface area contributed by atoms with Crippen LogP contribution in [0.4, 0.5) is 0 Å². The first kappa shape index (κ1) is 16.9. The number of benzene rings is 3. The Morgan fingerprint density at radius 1 is 0.923 bits per heavy atom. The van der Waals surface area contributed by atoms with Gasteiger partial charge in [0.2, 0.25) is 0 Å². The second kappa shape index (κ2) is 7.36. The molecule has 1 aromatic heterocycles. The minimum Gasteiger partial charge on any atom is -0.321 e. The minimum atomic E-state index is -0.228. The molecule has 2 N–H and O–H groups in total. The van der Waals surface area contributed by atoms with Crippen molar-refractivity contribution in [2.45, 2.75) is 23.7 Å². The summed E-state index contributed by atoms with van der Waals surface area (Å²) >= 11 is 1.64. The number of thioether (sulfide) groups is 1. The Morgan fingerprint density at radius 3 is 2.38 bits per heavy atom. The molecule has 0 fully saturated rings. The second-order valence-electron chi connectivity index (χ2n) is 6.38. The van der Waals surface area contributed by atoms with Crippen molar-refractivity contribution >= 4 is 22.8 Å². The van der Waals surface area contributed by atoms with Crippen LogP contribution in [-0.2, 0) is 6.54 Å². The van der Waals surface area contributed by atoms with E-state index in [1.165, 1.54) is 11.1 Å². The molecule has 4 aromatic rings. The molecule has 0 bridgehead atoms. The number of aryl methyl sites for hydroxylation is 1. The normalized spacial score (nSPS) is 12.4. The first-order valence-corrected chi connectivity index (χ1v) is 9.57. The lowest BCUT2D eigenvalue weighted by Crippen LogP contribution is -2.14. The SMILES string of the molecule is Cc1ccc(SC(N)c2nc3ccccc3n2Cc2ccccc2)cc1. The van der Waals surface area contributed by atoms with E-state index >= 15 is 0 Å². The molecule has 3 nitrogen and oxygen atoms in total. The summed E-state index contributed by atoms with van der Waals surface area (Å²) in [6, 6.07) is 27.1. The van der Waals surface area contributed by atoms with Crippen LogP contribution in [0.3, 0.4) is 0 Å². The van der Waals surface area contributed by atoms with Crippen LogP contribution in [0.5, 0.6) is 0 Å². The maximum Gasteiger partial charge on any atom is 0.137 e. The molecule has 0 saturated heterocycles. The molecule has 3 aromatic carbocycles. The largest absolute Gasteiger partial charge is 0.321 e. The number of hydrogen-bond acceptors (Lipinski definition) is 3. The number of para-hydroxylation sites is 2. The van der Waals surface area contributed by atoms with E-state index in [4.69, 9.17) is 10.7 Å². The molecule has 0 radical (unpaired) electrons. The van der Waals surface area contributed by atoms with Crippen LogP contribution >= 0.6 is 11.8 Å². The van der Waals surface area contributed by atoms with Crippen LogP contribution < -0.4 is 5.73 Å². The third-order valence-corrected chi connectivity index (χ3v) is 5.42. The average molecular weight is 359 g/mol. The Kier molecular flexibility index (Phi) is 4.78. The predicted octanol–water partition coefficient (Wildman–Crippen LogP) is 5.14. The first-order valence-electron chi connectivity index (χ1n) is 8.69. The van der Waals surface area contributed by atoms with E-state index in [2.05, 4.69) is 66.1 Å². The average Bonchev–Trinajstić information content (AvgIpc) is 3.03. The molecule has 0 aliphatic rings. The van der Waals surface area contributed by atoms with Crippen molar-refractivity contribution in [3.63, 3.8) is 0 Å². The van der Waals surface area contributed by atoms with Gasteiger partial charge in [-0.15, -0.1) is 0 Å². The van der Waals surface area contributed by atoms with E-state index in [0.29, 0.717) is 0 Å². The number of fused-ring (bicyclic) bond motifs is 1. The number of aromatic nitrogens is 2. The van der Waals surface area contributed by atoms with E-state index in [1.54, 1.807) is 11.8 Å². The molecule has 26 heavy (non-hydrogen) atoms. The number of rotatable bonds is 5. The monoisotopic (exact) mass is 359 g/mol. The van der Waals surface area contributed by atoms with Crippen LogP contribution in [0, 0.1) is 6.92 Å². The molecule has 0 spiro atoms. The number of nitrogens with two attached hydrogens (primary N) is 1. The molecule has 130 valence electrons. The summed E-state index contributed by atoms with van der Waals surface area (Å²) in [7, 11) is 0. The highest BCUT2D eigenvalue weighted by Gasteiger charge is 2.18. The molecule has 4 rings (SSSR count). The van der Waals surface area contributed by atoms with Crippen molar-refractivity contribution in [3.05, 3.63) is 95.8 Å². The van der Waals surface area contributed by atoms with Crippen LogP contribution in [0.15, 0.2) is 83.8 Å². The van der Waals surface area contributed by atoms with Crippen molar-refractivity contribution in [3.8, 4) is 0 Å². The van der Waals surface area contributed by atoms with Gasteiger partial charge in [-0.2, -0.15) is 0 Å². The number of hydrogen-bond donors (Lipinski definition) is 1. The van der Waals surface area contributed by atoms with E-state index in [-0.39, 0.29) is 5.37 Å². The number of imidazole rings is 1. The molecule has 1 atom stereocenters. The Labute approximate surface area is 157 Å². The van der Waals surface area contributed by atoms with Crippen molar-refractivity contribution in [2.75, 3.05) is 0 Å². The maximum atomic E-state index is 6.56. The van der Waals surface area contributed by atoms with E-state index in [1.807, 2.05) is 24.3 Å². The van der Waals surface area contributed by atoms with Gasteiger partial charge >= 0.3 is 0 Å². The smallest absolute Gasteiger partial charge is 0.137 e. The third kappa shape index (κ3) is 3.52. The minimum absolute atomic E-state index is 0.228. The van der Waals surface area contributed by atoms with E-state index in [0.717, 1.165) is 28.3 Å². The van der Waals surface area contributed by atoms with Crippen LogP contribution in [0.2, 0.25) is 0 Å². The summed E-state index contributed by atoms with van der Waals surface area (Å²) in [5.74, 6) is 0.903. The zero-order chi connectivity index (χ0) is 17.9. The molecule has 1 heterocycles. The molecule has 0 aliphatic carbocycles. The van der Waals surface area contributed by atoms with Crippen molar-refractivity contribution in [1.82, 2.24) is 9.55 Å². The lowest BCUT2D eigenvalue weighted by molar-refractivity contribution is 0.736. The highest BCUT2D eigenvalue weighted by Crippen LogP contribution is 2.33. The van der Waals surface area contributed by atoms with Crippen LogP contribution in [0.1, 0.15) is 22.3 Å². The Balaban J connectivity index is 1.71. The van der Waals surface area contributed by atoms with Crippen LogP contribution in [-0.4, -0.2) is 9.55 Å². The van der Waals surface area contributed by atoms with Crippen molar-refractivity contribution in [2.24, 2.45) is 5.73 Å². The third-order valence-electron chi connectivity index (χ3n) is 4.41. The van der Waals surface area contributed by atoms with Gasteiger partial charge in [0.25, 0.3) is 0 Å². The fourth-order valence-corrected chi connectivity index (χ4v) is 3.93. The van der Waals surface area contributed by atoms with Gasteiger partial charge in [0, 0.05) is 11.4 Å². The highest BCUT2D eigenvalue weighted by atomic mass is 32.2. The predicted molar refractivity (Wildman–Crippen MR) is 109 cm³/mol. The summed E-state index contributed by atoms with van der Waals surface area (Å²) < 4.78 is 2.23. The molecule has 1 unspecified atom stereocenters. The van der Waals surface area contributed by atoms with E-state index < -0.39 is 0 Å². The Bertz CT molecular complexity index is 1010. The molecule has 4 heteroatoms. The fraction of sp³-hybridized carbons (Fsp3) is 0.136. The molecular weight excluding hydrogens is 338 g/mol. The molecule has 0 aliphatic heterocycles. The standard InChI is InChI=1S/C22H21N3S/c1-16-11-13-18(14-12-16)26-21(23)22-24-19-9-5-6-10-20(19)25(22)15-17-7-3-2-4-8-17/h2-14,21H,15,23H2,1H3. The Hall–Kier alpha value is -2.56. The van der Waals surface area contributed by atoms with Crippen molar-refractivity contribution < 1.29 is 0 Å². The highest BCUT2D eigenvalue weighted by molar-refractivity contribution is 7.99. The summed E-state index contributed by atoms with van der Waals surface area (Å²) in [6.07, 6.45) is 0. The van der Waals surface area contributed by atoms with Gasteiger partial charge in [-0.05, 0) is 36.8 Å². The summed E-state index contributed by atoms with van der Waals surface area (Å²) in [5.41, 5.74) is 11.2. The first-order chi connectivity index (χ1) is 12.7. The topological polar surface area (TPSA) is 43.8 Å². The van der Waals surface area contributed by atoms with Crippen LogP contribution in [0.25, 0.3) is 11.0 Å². The van der Waals surface area contributed by atoms with Gasteiger partial charge in [0.05, 0.1) is 11.0 Å². The molecule has 0 saturated carbocycles. The molecule has 0 amide bonds. The Morgan fingerprint density at radius 2 is 1.62 bits per heavy atom. The summed E-state index contributed by atoms with van der Waals surface area (Å²) in [6.45, 7) is 2.85. The lowest BCUT2D eigenvalue weighted by atomic mass is 10.2. The fourth-order valence-electron chi connectivity index (χ4n) is 3.06. The quantitative estimate of drug-likeness (QED) is 0.396. The van der Waals surface area contributed by atoms with Gasteiger partial charge in [-0.3, -0.25) is 0 Å². The van der Waals surface area contributed by atoms with Crippen molar-refractivity contribution in [1.29, 1.82) is 0 Å². The van der Waals surface area contributed by atoms with Gasteiger partial charge in [-0.1, -0.05) is 71.9 Å². The number of nitrogens with zero attached hydrogens (tertiary/aromatic N) is 2. The second-order valence-corrected chi connectivity index (χ2v) is 7.60. The lowest BCUT2D eigenvalue weighted by Gasteiger charge is -2.15. The van der Waals surface area contributed by atoms with Gasteiger partial charge in [0.15, 0.2) is 0 Å². The van der Waals surface area contributed by atoms with Gasteiger partial charge < -0.3 is 10.3 Å². The van der Waals surface area contributed by atoms with Gasteiger partial charge in [-0.25, -0.2) is 4.98 Å². The summed E-state index contributed by atoms with van der Waals surface area (Å²) in [5, 5.41) is -0.228. The molecular formula is C22H21N3S.